The third kappa shape index (κ3) is 2.31. The number of rotatable bonds is 3. The fourth-order valence-corrected chi connectivity index (χ4v) is 2.01. The molecule has 0 aliphatic carbocycles. The highest BCUT2D eigenvalue weighted by atomic mass is 16.5. The first-order chi connectivity index (χ1) is 8.42. The maximum Gasteiger partial charge on any atom is 0.228 e. The van der Waals surface area contributed by atoms with Crippen molar-refractivity contribution in [2.45, 2.75) is 25.3 Å². The highest BCUT2D eigenvalue weighted by Gasteiger charge is 2.18. The first-order valence-corrected chi connectivity index (χ1v) is 5.74. The summed E-state index contributed by atoms with van der Waals surface area (Å²) >= 11 is 0. The van der Waals surface area contributed by atoms with Gasteiger partial charge in [-0.25, -0.2) is 9.97 Å². The predicted molar refractivity (Wildman–Crippen MR) is 60.1 cm³/mol. The Hall–Kier alpha value is -1.82. The molecule has 1 aliphatic rings. The van der Waals surface area contributed by atoms with Gasteiger partial charge in [-0.2, -0.15) is 4.98 Å². The average molecular weight is 231 g/mol. The molecule has 1 saturated heterocycles. The smallest absolute Gasteiger partial charge is 0.228 e. The van der Waals surface area contributed by atoms with Crippen molar-refractivity contribution in [1.29, 1.82) is 0 Å². The van der Waals surface area contributed by atoms with Crippen LogP contribution >= 0.6 is 0 Å². The van der Waals surface area contributed by atoms with Crippen LogP contribution in [0.3, 0.4) is 0 Å². The van der Waals surface area contributed by atoms with Crippen LogP contribution in [0.25, 0.3) is 11.5 Å². The Labute approximate surface area is 98.5 Å². The van der Waals surface area contributed by atoms with Gasteiger partial charge in [0.25, 0.3) is 0 Å². The van der Waals surface area contributed by atoms with Crippen LogP contribution in [0.5, 0.6) is 0 Å². The monoisotopic (exact) mass is 231 g/mol. The van der Waals surface area contributed by atoms with Crippen molar-refractivity contribution in [1.82, 2.24) is 25.4 Å². The van der Waals surface area contributed by atoms with E-state index in [1.165, 1.54) is 19.2 Å². The molecule has 2 aromatic rings. The van der Waals surface area contributed by atoms with E-state index in [0.717, 1.165) is 13.0 Å². The zero-order chi connectivity index (χ0) is 11.5. The zero-order valence-corrected chi connectivity index (χ0v) is 9.33. The van der Waals surface area contributed by atoms with Crippen LogP contribution < -0.4 is 5.32 Å². The summed E-state index contributed by atoms with van der Waals surface area (Å²) < 4.78 is 5.22. The molecule has 0 aromatic carbocycles. The molecule has 6 nitrogen and oxygen atoms in total. The molecule has 3 heterocycles. The lowest BCUT2D eigenvalue weighted by atomic mass is 10.1. The van der Waals surface area contributed by atoms with Crippen LogP contribution in [0, 0.1) is 0 Å². The van der Waals surface area contributed by atoms with Gasteiger partial charge in [-0.3, -0.25) is 0 Å². The van der Waals surface area contributed by atoms with E-state index >= 15 is 0 Å². The predicted octanol–water partition coefficient (Wildman–Crippen LogP) is 0.821. The van der Waals surface area contributed by atoms with E-state index in [1.54, 1.807) is 12.3 Å². The minimum atomic E-state index is 0.466. The molecule has 0 amide bonds. The second-order valence-corrected chi connectivity index (χ2v) is 4.10. The fourth-order valence-electron chi connectivity index (χ4n) is 2.01. The lowest BCUT2D eigenvalue weighted by Gasteiger charge is -2.04. The first-order valence-electron chi connectivity index (χ1n) is 5.74. The molecule has 6 heteroatoms. The third-order valence-corrected chi connectivity index (χ3v) is 2.86. The Morgan fingerprint density at radius 2 is 2.47 bits per heavy atom. The SMILES string of the molecule is c1cc(-c2noc(CC3CCCN3)n2)ncn1. The van der Waals surface area contributed by atoms with Crippen LogP contribution in [-0.2, 0) is 6.42 Å². The van der Waals surface area contributed by atoms with Gasteiger partial charge in [-0.05, 0) is 25.5 Å². The second-order valence-electron chi connectivity index (χ2n) is 4.10. The van der Waals surface area contributed by atoms with E-state index in [-0.39, 0.29) is 0 Å². The van der Waals surface area contributed by atoms with Gasteiger partial charge in [0, 0.05) is 18.7 Å². The molecule has 1 unspecified atom stereocenters. The summed E-state index contributed by atoms with van der Waals surface area (Å²) in [5.41, 5.74) is 0.689. The van der Waals surface area contributed by atoms with Crippen LogP contribution in [0.2, 0.25) is 0 Å². The van der Waals surface area contributed by atoms with Gasteiger partial charge >= 0.3 is 0 Å². The van der Waals surface area contributed by atoms with Crippen LogP contribution in [0.4, 0.5) is 0 Å². The Bertz CT molecular complexity index is 478. The molecular formula is C11H13N5O. The maximum absolute atomic E-state index is 5.22. The molecule has 1 fully saturated rings. The van der Waals surface area contributed by atoms with Gasteiger partial charge in [0.15, 0.2) is 0 Å². The molecule has 1 atom stereocenters. The van der Waals surface area contributed by atoms with E-state index in [1.807, 2.05) is 0 Å². The van der Waals surface area contributed by atoms with Crippen molar-refractivity contribution in [2.75, 3.05) is 6.54 Å². The van der Waals surface area contributed by atoms with Gasteiger partial charge in [0.2, 0.25) is 11.7 Å². The summed E-state index contributed by atoms with van der Waals surface area (Å²) in [4.78, 5) is 12.3. The number of aromatic nitrogens is 4. The molecule has 0 bridgehead atoms. The normalized spacial score (nSPS) is 19.6. The quantitative estimate of drug-likeness (QED) is 0.842. The molecule has 17 heavy (non-hydrogen) atoms. The molecule has 88 valence electrons. The van der Waals surface area contributed by atoms with Crippen LogP contribution in [0.15, 0.2) is 23.1 Å². The standard InChI is InChI=1S/C11H13N5O/c1-2-8(13-4-1)6-10-15-11(16-17-10)9-3-5-12-7-14-9/h3,5,7-8,13H,1-2,4,6H2. The maximum atomic E-state index is 5.22. The summed E-state index contributed by atoms with van der Waals surface area (Å²) in [6.07, 6.45) is 6.32. The Balaban J connectivity index is 1.74. The Morgan fingerprint density at radius 3 is 3.24 bits per heavy atom. The number of nitrogens with one attached hydrogen (secondary N) is 1. The van der Waals surface area contributed by atoms with Crippen molar-refractivity contribution in [2.24, 2.45) is 0 Å². The van der Waals surface area contributed by atoms with Gasteiger partial charge in [-0.15, -0.1) is 0 Å². The molecule has 0 spiro atoms. The minimum Gasteiger partial charge on any atom is -0.339 e. The molecular weight excluding hydrogens is 218 g/mol. The van der Waals surface area contributed by atoms with Gasteiger partial charge in [0.1, 0.15) is 12.0 Å². The van der Waals surface area contributed by atoms with Crippen molar-refractivity contribution < 1.29 is 4.52 Å². The molecule has 0 saturated carbocycles. The number of hydrogen-bond acceptors (Lipinski definition) is 6. The van der Waals surface area contributed by atoms with Crippen LogP contribution in [-0.4, -0.2) is 32.7 Å². The molecule has 1 N–H and O–H groups in total. The first kappa shape index (κ1) is 10.3. The highest BCUT2D eigenvalue weighted by molar-refractivity contribution is 5.46. The number of hydrogen-bond donors (Lipinski definition) is 1. The average Bonchev–Trinajstić information content (AvgIpc) is 3.02. The Kier molecular flexibility index (Phi) is 2.79. The van der Waals surface area contributed by atoms with Gasteiger partial charge < -0.3 is 9.84 Å². The minimum absolute atomic E-state index is 0.466. The van der Waals surface area contributed by atoms with E-state index in [4.69, 9.17) is 4.52 Å². The van der Waals surface area contributed by atoms with Crippen molar-refractivity contribution in [3.63, 3.8) is 0 Å². The fraction of sp³-hybridized carbons (Fsp3) is 0.455. The largest absolute Gasteiger partial charge is 0.339 e. The van der Waals surface area contributed by atoms with Crippen molar-refractivity contribution in [3.05, 3.63) is 24.5 Å². The third-order valence-electron chi connectivity index (χ3n) is 2.86. The van der Waals surface area contributed by atoms with Crippen molar-refractivity contribution in [3.8, 4) is 11.5 Å². The summed E-state index contributed by atoms with van der Waals surface area (Å²) in [6.45, 7) is 1.08. The summed E-state index contributed by atoms with van der Waals surface area (Å²) in [7, 11) is 0. The summed E-state index contributed by atoms with van der Waals surface area (Å²) in [6, 6.07) is 2.23. The molecule has 1 aliphatic heterocycles. The highest BCUT2D eigenvalue weighted by Crippen LogP contribution is 2.14. The molecule has 0 radical (unpaired) electrons. The van der Waals surface area contributed by atoms with Gasteiger partial charge in [-0.1, -0.05) is 5.16 Å². The van der Waals surface area contributed by atoms with E-state index in [0.29, 0.717) is 23.5 Å². The summed E-state index contributed by atoms with van der Waals surface area (Å²) in [5.74, 6) is 1.19. The van der Waals surface area contributed by atoms with E-state index < -0.39 is 0 Å². The lowest BCUT2D eigenvalue weighted by molar-refractivity contribution is 0.364. The number of nitrogens with zero attached hydrogens (tertiary/aromatic N) is 4. The summed E-state index contributed by atoms with van der Waals surface area (Å²) in [5, 5.41) is 7.33. The lowest BCUT2D eigenvalue weighted by Crippen LogP contribution is -2.23. The molecule has 3 rings (SSSR count). The Morgan fingerprint density at radius 1 is 1.47 bits per heavy atom. The zero-order valence-electron chi connectivity index (χ0n) is 9.33. The second kappa shape index (κ2) is 4.58. The van der Waals surface area contributed by atoms with E-state index in [9.17, 15) is 0 Å². The van der Waals surface area contributed by atoms with Crippen molar-refractivity contribution >= 4 is 0 Å². The van der Waals surface area contributed by atoms with E-state index in [2.05, 4.69) is 25.4 Å². The van der Waals surface area contributed by atoms with Crippen LogP contribution in [0.1, 0.15) is 18.7 Å². The van der Waals surface area contributed by atoms with Gasteiger partial charge in [0.05, 0.1) is 0 Å². The molecule has 2 aromatic heterocycles. The topological polar surface area (TPSA) is 76.7 Å².